The molecule has 3 heterocycles. The molecule has 9 nitrogen and oxygen atoms in total. The Labute approximate surface area is 213 Å². The summed E-state index contributed by atoms with van der Waals surface area (Å²) in [6.07, 6.45) is 6.73. The van der Waals surface area contributed by atoms with E-state index in [2.05, 4.69) is 4.98 Å². The lowest BCUT2D eigenvalue weighted by Gasteiger charge is -2.27. The molecule has 1 N–H and O–H groups in total. The predicted octanol–water partition coefficient (Wildman–Crippen LogP) is 1.73. The average Bonchev–Trinajstić information content (AvgIpc) is 3.62. The number of likely N-dealkylation sites (tertiary alicyclic amines) is 1. The third-order valence-corrected chi connectivity index (χ3v) is 6.75. The van der Waals surface area contributed by atoms with E-state index in [1.165, 1.54) is 12.0 Å². The van der Waals surface area contributed by atoms with E-state index in [1.54, 1.807) is 55.0 Å². The number of fused-ring (bicyclic) bond motifs is 1. The van der Waals surface area contributed by atoms with Crippen LogP contribution in [0.4, 0.5) is 0 Å². The summed E-state index contributed by atoms with van der Waals surface area (Å²) in [6, 6.07) is 10.7. The molecule has 1 aromatic heterocycles. The summed E-state index contributed by atoms with van der Waals surface area (Å²) in [7, 11) is 1.29. The van der Waals surface area contributed by atoms with Crippen molar-refractivity contribution in [3.8, 4) is 5.75 Å². The van der Waals surface area contributed by atoms with Gasteiger partial charge in [0.1, 0.15) is 24.2 Å². The van der Waals surface area contributed by atoms with Crippen LogP contribution in [0.3, 0.4) is 0 Å². The molecule has 2 aliphatic rings. The highest BCUT2D eigenvalue weighted by Gasteiger charge is 2.44. The number of imidazole rings is 1. The molecule has 5 rings (SSSR count). The molecule has 2 atom stereocenters. The van der Waals surface area contributed by atoms with Crippen LogP contribution in [0.25, 0.3) is 5.76 Å². The Morgan fingerprint density at radius 2 is 1.95 bits per heavy atom. The van der Waals surface area contributed by atoms with E-state index in [-0.39, 0.29) is 18.2 Å². The molecule has 0 aliphatic carbocycles. The molecule has 2 aliphatic heterocycles. The number of esters is 1. The minimum atomic E-state index is -0.862. The number of Topliss-reactive ketones (excluding diaryl/α,β-unsaturated/α-hetero) is 1. The average molecular weight is 502 g/mol. The van der Waals surface area contributed by atoms with Gasteiger partial charge in [0.05, 0.1) is 25.3 Å². The highest BCUT2D eigenvalue weighted by Crippen LogP contribution is 2.40. The molecular formula is C28H27N3O6. The first-order valence-electron chi connectivity index (χ1n) is 12.1. The number of methoxy groups -OCH3 is 1. The fraction of sp³-hybridized carbons (Fsp3) is 0.286. The quantitative estimate of drug-likeness (QED) is 0.173. The maximum atomic E-state index is 13.7. The molecule has 0 saturated carbocycles. The molecule has 0 spiro atoms. The molecule has 9 heteroatoms. The topological polar surface area (TPSA) is 116 Å². The predicted molar refractivity (Wildman–Crippen MR) is 130 cm³/mol. The second-order valence-corrected chi connectivity index (χ2v) is 9.24. The third-order valence-electron chi connectivity index (χ3n) is 6.75. The summed E-state index contributed by atoms with van der Waals surface area (Å²) in [5.41, 5.74) is 2.06. The van der Waals surface area contributed by atoms with E-state index in [1.807, 2.05) is 17.7 Å². The zero-order chi connectivity index (χ0) is 26.1. The lowest BCUT2D eigenvalue weighted by Crippen LogP contribution is -2.36. The van der Waals surface area contributed by atoms with Gasteiger partial charge in [0.2, 0.25) is 12.1 Å². The van der Waals surface area contributed by atoms with Crippen LogP contribution in [-0.2, 0) is 27.3 Å². The Morgan fingerprint density at radius 1 is 1.19 bits per heavy atom. The molecule has 1 saturated heterocycles. The van der Waals surface area contributed by atoms with Gasteiger partial charge in [0.25, 0.3) is 5.91 Å². The van der Waals surface area contributed by atoms with Crippen molar-refractivity contribution in [3.63, 3.8) is 0 Å². The summed E-state index contributed by atoms with van der Waals surface area (Å²) in [5, 5.41) is 13.7. The number of ether oxygens (including phenoxy) is 2. The van der Waals surface area contributed by atoms with Crippen molar-refractivity contribution in [1.82, 2.24) is 9.88 Å². The molecular weight excluding hydrogens is 474 g/mol. The van der Waals surface area contributed by atoms with E-state index < -0.39 is 29.5 Å². The van der Waals surface area contributed by atoms with E-state index in [4.69, 9.17) is 9.47 Å². The molecule has 1 amide bonds. The summed E-state index contributed by atoms with van der Waals surface area (Å²) >= 11 is 0. The fourth-order valence-corrected chi connectivity index (χ4v) is 4.97. The van der Waals surface area contributed by atoms with Crippen LogP contribution in [0, 0.1) is 0 Å². The molecule has 0 radical (unpaired) electrons. The van der Waals surface area contributed by atoms with Crippen LogP contribution < -0.4 is 14.4 Å². The first kappa shape index (κ1) is 24.3. The second-order valence-electron chi connectivity index (χ2n) is 9.24. The number of carbonyl (C=O) groups excluding carboxylic acids is 3. The number of aryl methyl sites for hydroxylation is 1. The standard InChI is InChI=1S/C28H27N3O6/c1-17-14-21-15-20(8-9-22(21)37-17)25(32)23-24(18-4-6-19(7-5-18)28(35)36-2)31(27(34)26(23)33)12-3-11-30-13-10-29-16-30/h4-10,13,15-17,24H,3,11-12,14H2,1-2H3,(H,32,33). The molecule has 37 heavy (non-hydrogen) atoms. The monoisotopic (exact) mass is 501 g/mol. The number of amides is 1. The van der Waals surface area contributed by atoms with Crippen LogP contribution in [0.1, 0.15) is 46.4 Å². The molecule has 1 fully saturated rings. The molecule has 2 unspecified atom stereocenters. The Hall–Kier alpha value is -4.40. The van der Waals surface area contributed by atoms with E-state index in [9.17, 15) is 19.5 Å². The normalized spacial score (nSPS) is 20.1. The summed E-state index contributed by atoms with van der Waals surface area (Å²) < 4.78 is 12.4. The van der Waals surface area contributed by atoms with Gasteiger partial charge < -0.3 is 19.5 Å². The number of aromatic nitrogens is 2. The van der Waals surface area contributed by atoms with Gasteiger partial charge in [-0.3, -0.25) is 14.6 Å². The van der Waals surface area contributed by atoms with Crippen molar-refractivity contribution >= 4 is 23.4 Å². The first-order chi connectivity index (χ1) is 17.9. The fourth-order valence-electron chi connectivity index (χ4n) is 4.97. The zero-order valence-corrected chi connectivity index (χ0v) is 20.6. The first-order valence-corrected chi connectivity index (χ1v) is 12.1. The maximum Gasteiger partial charge on any atom is 0.337 e. The molecule has 0 bridgehead atoms. The lowest BCUT2D eigenvalue weighted by molar-refractivity contribution is -0.695. The van der Waals surface area contributed by atoms with Crippen LogP contribution in [0.15, 0.2) is 66.8 Å². The van der Waals surface area contributed by atoms with Crippen LogP contribution >= 0.6 is 0 Å². The van der Waals surface area contributed by atoms with E-state index in [0.717, 1.165) is 11.3 Å². The SMILES string of the molecule is COC(=O)c1ccc(C2/C(=C(\[O-])c3ccc4c(c3)CC(C)O4)C(=O)C(=O)N2CCC[n+]2cc[nH]c2)cc1. The van der Waals surface area contributed by atoms with Crippen molar-refractivity contribution < 1.29 is 33.5 Å². The van der Waals surface area contributed by atoms with Crippen LogP contribution in [0.2, 0.25) is 0 Å². The van der Waals surface area contributed by atoms with Crippen molar-refractivity contribution in [2.75, 3.05) is 13.7 Å². The number of aromatic amines is 1. The van der Waals surface area contributed by atoms with Crippen molar-refractivity contribution in [3.05, 3.63) is 89.0 Å². The highest BCUT2D eigenvalue weighted by atomic mass is 16.5. The molecule has 2 aromatic carbocycles. The van der Waals surface area contributed by atoms with Gasteiger partial charge in [-0.2, -0.15) is 0 Å². The second kappa shape index (κ2) is 9.93. The van der Waals surface area contributed by atoms with Gasteiger partial charge in [-0.05, 0) is 47.9 Å². The van der Waals surface area contributed by atoms with Crippen LogP contribution in [-0.4, -0.2) is 47.3 Å². The zero-order valence-electron chi connectivity index (χ0n) is 20.6. The van der Waals surface area contributed by atoms with Crippen LogP contribution in [0.5, 0.6) is 5.75 Å². The lowest BCUT2D eigenvalue weighted by atomic mass is 9.94. The highest BCUT2D eigenvalue weighted by molar-refractivity contribution is 6.46. The number of rotatable bonds is 7. The number of hydrogen-bond donors (Lipinski definition) is 1. The largest absolute Gasteiger partial charge is 0.872 e. The third kappa shape index (κ3) is 4.60. The number of ketones is 1. The minimum absolute atomic E-state index is 0.0113. The Kier molecular flexibility index (Phi) is 6.52. The van der Waals surface area contributed by atoms with E-state index in [0.29, 0.717) is 36.1 Å². The Bertz CT molecular complexity index is 1380. The Morgan fingerprint density at radius 3 is 2.65 bits per heavy atom. The van der Waals surface area contributed by atoms with Gasteiger partial charge in [0.15, 0.2) is 0 Å². The number of carbonyl (C=O) groups is 3. The number of hydrogen-bond acceptors (Lipinski definition) is 6. The van der Waals surface area contributed by atoms with Gasteiger partial charge in [-0.1, -0.05) is 24.0 Å². The van der Waals surface area contributed by atoms with Crippen molar-refractivity contribution in [2.24, 2.45) is 0 Å². The smallest absolute Gasteiger partial charge is 0.337 e. The Balaban J connectivity index is 1.53. The summed E-state index contributed by atoms with van der Waals surface area (Å²) in [5.74, 6) is -1.76. The number of H-pyrrole nitrogens is 1. The minimum Gasteiger partial charge on any atom is -0.872 e. The van der Waals surface area contributed by atoms with Crippen molar-refractivity contribution in [2.45, 2.75) is 38.5 Å². The number of nitrogens with zero attached hydrogens (tertiary/aromatic N) is 2. The van der Waals surface area contributed by atoms with Crippen molar-refractivity contribution in [1.29, 1.82) is 0 Å². The number of nitrogens with one attached hydrogen (secondary N) is 1. The molecule has 3 aromatic rings. The van der Waals surface area contributed by atoms with E-state index >= 15 is 0 Å². The van der Waals surface area contributed by atoms with Gasteiger partial charge in [-0.25, -0.2) is 9.36 Å². The van der Waals surface area contributed by atoms with Gasteiger partial charge in [-0.15, -0.1) is 0 Å². The van der Waals surface area contributed by atoms with Gasteiger partial charge in [0, 0.05) is 25.0 Å². The summed E-state index contributed by atoms with van der Waals surface area (Å²) in [4.78, 5) is 42.8. The maximum absolute atomic E-state index is 13.7. The number of benzene rings is 2. The van der Waals surface area contributed by atoms with Gasteiger partial charge >= 0.3 is 5.97 Å². The summed E-state index contributed by atoms with van der Waals surface area (Å²) in [6.45, 7) is 2.85. The molecule has 190 valence electrons.